The second-order valence-corrected chi connectivity index (χ2v) is 3.05. The first kappa shape index (κ1) is 7.86. The number of carbonyl (C=O) groups excluding carboxylic acids is 1. The van der Waals surface area contributed by atoms with E-state index in [0.29, 0.717) is 11.4 Å². The molecule has 2 rings (SSSR count). The Kier molecular flexibility index (Phi) is 1.59. The molecule has 0 spiro atoms. The lowest BCUT2D eigenvalue weighted by Crippen LogP contribution is -1.85. The molecule has 0 bridgehead atoms. The summed E-state index contributed by atoms with van der Waals surface area (Å²) >= 11 is 0. The molecule has 0 unspecified atom stereocenters. The van der Waals surface area contributed by atoms with Crippen LogP contribution >= 0.6 is 0 Å². The minimum absolute atomic E-state index is 0.605. The zero-order valence-corrected chi connectivity index (χ0v) is 7.29. The largest absolute Gasteiger partial charge is 0.398 e. The van der Waals surface area contributed by atoms with Crippen molar-refractivity contribution in [2.75, 3.05) is 5.73 Å². The molecule has 0 saturated carbocycles. The number of nitrogens with one attached hydrogen (secondary N) is 1. The Morgan fingerprint density at radius 3 is 2.85 bits per heavy atom. The average Bonchev–Trinajstić information content (AvgIpc) is 2.44. The Morgan fingerprint density at radius 1 is 1.46 bits per heavy atom. The monoisotopic (exact) mass is 174 g/mol. The first-order valence-electron chi connectivity index (χ1n) is 4.06. The van der Waals surface area contributed by atoms with Crippen molar-refractivity contribution in [2.24, 2.45) is 0 Å². The second kappa shape index (κ2) is 2.62. The van der Waals surface area contributed by atoms with Crippen molar-refractivity contribution in [2.45, 2.75) is 6.92 Å². The van der Waals surface area contributed by atoms with Gasteiger partial charge in [-0.25, -0.2) is 0 Å². The van der Waals surface area contributed by atoms with Gasteiger partial charge in [0.25, 0.3) is 0 Å². The standard InChI is InChI=1S/C10H10N2O/c1-6-9(5-13)12-8-4-2-3-7(11)10(6)8/h2-5,12H,11H2,1H3. The summed E-state index contributed by atoms with van der Waals surface area (Å²) in [6, 6.07) is 5.60. The van der Waals surface area contributed by atoms with Crippen LogP contribution < -0.4 is 5.73 Å². The van der Waals surface area contributed by atoms with Crippen LogP contribution in [0.3, 0.4) is 0 Å². The fraction of sp³-hybridized carbons (Fsp3) is 0.100. The molecule has 66 valence electrons. The van der Waals surface area contributed by atoms with Gasteiger partial charge in [-0.3, -0.25) is 4.79 Å². The van der Waals surface area contributed by atoms with Crippen molar-refractivity contribution >= 4 is 22.9 Å². The van der Waals surface area contributed by atoms with Gasteiger partial charge in [-0.15, -0.1) is 0 Å². The first-order chi connectivity index (χ1) is 6.24. The maximum atomic E-state index is 10.6. The van der Waals surface area contributed by atoms with Gasteiger partial charge in [0.1, 0.15) is 0 Å². The Hall–Kier alpha value is -1.77. The second-order valence-electron chi connectivity index (χ2n) is 3.05. The minimum atomic E-state index is 0.605. The minimum Gasteiger partial charge on any atom is -0.398 e. The zero-order chi connectivity index (χ0) is 9.42. The van der Waals surface area contributed by atoms with E-state index in [9.17, 15) is 4.79 Å². The lowest BCUT2D eigenvalue weighted by atomic mass is 10.1. The van der Waals surface area contributed by atoms with E-state index >= 15 is 0 Å². The van der Waals surface area contributed by atoms with E-state index in [2.05, 4.69) is 4.98 Å². The van der Waals surface area contributed by atoms with Crippen LogP contribution in [-0.2, 0) is 0 Å². The highest BCUT2D eigenvalue weighted by molar-refractivity contribution is 5.98. The number of aromatic amines is 1. The average molecular weight is 174 g/mol. The van der Waals surface area contributed by atoms with Gasteiger partial charge in [0.2, 0.25) is 0 Å². The summed E-state index contributed by atoms with van der Waals surface area (Å²) in [6.45, 7) is 1.89. The normalized spacial score (nSPS) is 10.5. The summed E-state index contributed by atoms with van der Waals surface area (Å²) in [6.07, 6.45) is 0.814. The van der Waals surface area contributed by atoms with Crippen molar-refractivity contribution < 1.29 is 4.79 Å². The zero-order valence-electron chi connectivity index (χ0n) is 7.29. The molecule has 0 aliphatic heterocycles. The molecule has 0 amide bonds. The van der Waals surface area contributed by atoms with E-state index < -0.39 is 0 Å². The van der Waals surface area contributed by atoms with Crippen LogP contribution in [0, 0.1) is 6.92 Å². The van der Waals surface area contributed by atoms with Crippen molar-refractivity contribution in [1.29, 1.82) is 0 Å². The number of rotatable bonds is 1. The van der Waals surface area contributed by atoms with Crippen LogP contribution in [-0.4, -0.2) is 11.3 Å². The molecule has 1 heterocycles. The maximum Gasteiger partial charge on any atom is 0.166 e. The maximum absolute atomic E-state index is 10.6. The lowest BCUT2D eigenvalue weighted by Gasteiger charge is -1.95. The number of aryl methyl sites for hydroxylation is 1. The van der Waals surface area contributed by atoms with Crippen LogP contribution in [0.4, 0.5) is 5.69 Å². The molecule has 13 heavy (non-hydrogen) atoms. The molecular weight excluding hydrogens is 164 g/mol. The fourth-order valence-corrected chi connectivity index (χ4v) is 1.58. The third-order valence-electron chi connectivity index (χ3n) is 2.26. The highest BCUT2D eigenvalue weighted by Gasteiger charge is 2.07. The molecule has 0 aliphatic rings. The highest BCUT2D eigenvalue weighted by Crippen LogP contribution is 2.25. The summed E-state index contributed by atoms with van der Waals surface area (Å²) in [5, 5.41) is 0.949. The summed E-state index contributed by atoms with van der Waals surface area (Å²) < 4.78 is 0. The number of benzene rings is 1. The quantitative estimate of drug-likeness (QED) is 0.512. The summed E-state index contributed by atoms with van der Waals surface area (Å²) in [4.78, 5) is 13.6. The summed E-state index contributed by atoms with van der Waals surface area (Å²) in [5.41, 5.74) is 8.94. The number of nitrogen functional groups attached to an aromatic ring is 1. The van der Waals surface area contributed by atoms with E-state index in [1.54, 1.807) is 0 Å². The van der Waals surface area contributed by atoms with Crippen molar-refractivity contribution in [1.82, 2.24) is 4.98 Å². The Balaban J connectivity index is 2.92. The third kappa shape index (κ3) is 1.01. The molecular formula is C10H10N2O. The molecule has 0 fully saturated rings. The van der Waals surface area contributed by atoms with E-state index in [1.165, 1.54) is 0 Å². The van der Waals surface area contributed by atoms with Gasteiger partial charge >= 0.3 is 0 Å². The van der Waals surface area contributed by atoms with Crippen LogP contribution in [0.2, 0.25) is 0 Å². The molecule has 3 nitrogen and oxygen atoms in total. The number of fused-ring (bicyclic) bond motifs is 1. The molecule has 0 saturated heterocycles. The molecule has 1 aromatic heterocycles. The lowest BCUT2D eigenvalue weighted by molar-refractivity contribution is 0.111. The molecule has 1 aromatic carbocycles. The van der Waals surface area contributed by atoms with Crippen LogP contribution in [0.15, 0.2) is 18.2 Å². The third-order valence-corrected chi connectivity index (χ3v) is 2.26. The van der Waals surface area contributed by atoms with Crippen LogP contribution in [0.5, 0.6) is 0 Å². The summed E-state index contributed by atoms with van der Waals surface area (Å²) in [5.74, 6) is 0. The van der Waals surface area contributed by atoms with E-state index in [-0.39, 0.29) is 0 Å². The number of carbonyl (C=O) groups is 1. The Bertz CT molecular complexity index is 471. The molecule has 2 aromatic rings. The van der Waals surface area contributed by atoms with Gasteiger partial charge in [-0.2, -0.15) is 0 Å². The predicted octanol–water partition coefficient (Wildman–Crippen LogP) is 1.87. The fourth-order valence-electron chi connectivity index (χ4n) is 1.58. The van der Waals surface area contributed by atoms with Gasteiger partial charge in [0, 0.05) is 16.6 Å². The van der Waals surface area contributed by atoms with Gasteiger partial charge < -0.3 is 10.7 Å². The van der Waals surface area contributed by atoms with Crippen molar-refractivity contribution in [3.8, 4) is 0 Å². The van der Waals surface area contributed by atoms with Crippen LogP contribution in [0.25, 0.3) is 10.9 Å². The number of anilines is 1. The Morgan fingerprint density at radius 2 is 2.23 bits per heavy atom. The van der Waals surface area contributed by atoms with Gasteiger partial charge in [-0.05, 0) is 24.6 Å². The smallest absolute Gasteiger partial charge is 0.166 e. The van der Waals surface area contributed by atoms with Gasteiger partial charge in [-0.1, -0.05) is 6.07 Å². The molecule has 3 heteroatoms. The SMILES string of the molecule is Cc1c(C=O)[nH]c2cccc(N)c12. The Labute approximate surface area is 75.6 Å². The van der Waals surface area contributed by atoms with Crippen LogP contribution in [0.1, 0.15) is 16.1 Å². The van der Waals surface area contributed by atoms with Gasteiger partial charge in [0.05, 0.1) is 5.69 Å². The molecule has 0 atom stereocenters. The molecule has 0 radical (unpaired) electrons. The number of aromatic nitrogens is 1. The molecule has 3 N–H and O–H groups in total. The van der Waals surface area contributed by atoms with E-state index in [4.69, 9.17) is 5.73 Å². The number of hydrogen-bond acceptors (Lipinski definition) is 2. The van der Waals surface area contributed by atoms with E-state index in [0.717, 1.165) is 22.8 Å². The topological polar surface area (TPSA) is 58.9 Å². The first-order valence-corrected chi connectivity index (χ1v) is 4.06. The van der Waals surface area contributed by atoms with Crippen molar-refractivity contribution in [3.05, 3.63) is 29.5 Å². The summed E-state index contributed by atoms with van der Waals surface area (Å²) in [7, 11) is 0. The van der Waals surface area contributed by atoms with Gasteiger partial charge in [0.15, 0.2) is 6.29 Å². The van der Waals surface area contributed by atoms with E-state index in [1.807, 2.05) is 25.1 Å². The van der Waals surface area contributed by atoms with Crippen molar-refractivity contribution in [3.63, 3.8) is 0 Å². The molecule has 0 aliphatic carbocycles. The highest BCUT2D eigenvalue weighted by atomic mass is 16.1. The number of hydrogen-bond donors (Lipinski definition) is 2. The predicted molar refractivity (Wildman–Crippen MR) is 52.8 cm³/mol. The number of H-pyrrole nitrogens is 1. The number of nitrogens with two attached hydrogens (primary N) is 1. The number of aldehydes is 1.